The number of carbonyl (C=O) groups excluding carboxylic acids is 2. The van der Waals surface area contributed by atoms with Crippen molar-refractivity contribution in [3.8, 4) is 5.75 Å². The second-order valence-corrected chi connectivity index (χ2v) is 7.66. The van der Waals surface area contributed by atoms with Crippen LogP contribution in [0, 0.1) is 6.92 Å². The molecule has 0 aliphatic heterocycles. The van der Waals surface area contributed by atoms with E-state index in [4.69, 9.17) is 4.74 Å². The van der Waals surface area contributed by atoms with E-state index in [2.05, 4.69) is 5.32 Å². The van der Waals surface area contributed by atoms with Crippen molar-refractivity contribution < 1.29 is 22.7 Å². The number of carbonyl (C=O) groups is 2. The molecule has 0 spiro atoms. The van der Waals surface area contributed by atoms with Gasteiger partial charge >= 0.3 is 0 Å². The van der Waals surface area contributed by atoms with Gasteiger partial charge in [0.1, 0.15) is 17.3 Å². The zero-order valence-corrected chi connectivity index (χ0v) is 14.8. The van der Waals surface area contributed by atoms with Crippen LogP contribution in [0.1, 0.15) is 15.9 Å². The molecule has 1 amide bonds. The number of ether oxygens (including phenoxy) is 1. The van der Waals surface area contributed by atoms with Crippen LogP contribution < -0.4 is 10.1 Å². The topological polar surface area (TPSA) is 89.5 Å². The first-order valence-corrected chi connectivity index (χ1v) is 9.35. The monoisotopic (exact) mass is 361 g/mol. The van der Waals surface area contributed by atoms with Crippen molar-refractivity contribution >= 4 is 27.2 Å². The van der Waals surface area contributed by atoms with Crippen molar-refractivity contribution in [2.75, 3.05) is 23.9 Å². The minimum Gasteiger partial charge on any atom is -0.497 e. The number of benzene rings is 2. The molecule has 0 atom stereocenters. The molecule has 2 rings (SSSR count). The highest BCUT2D eigenvalue weighted by Gasteiger charge is 2.21. The van der Waals surface area contributed by atoms with Gasteiger partial charge in [-0.25, -0.2) is 8.42 Å². The van der Waals surface area contributed by atoms with Crippen LogP contribution in [0.4, 0.5) is 5.69 Å². The highest BCUT2D eigenvalue weighted by molar-refractivity contribution is 7.92. The summed E-state index contributed by atoms with van der Waals surface area (Å²) in [5, 5.41) is 2.48. The molecule has 25 heavy (non-hydrogen) atoms. The van der Waals surface area contributed by atoms with E-state index in [1.807, 2.05) is 6.92 Å². The minimum absolute atomic E-state index is 0.310. The normalized spacial score (nSPS) is 11.0. The molecular weight excluding hydrogens is 342 g/mol. The van der Waals surface area contributed by atoms with Gasteiger partial charge in [-0.1, -0.05) is 29.8 Å². The lowest BCUT2D eigenvalue weighted by Gasteiger charge is -2.07. The molecule has 132 valence electrons. The van der Waals surface area contributed by atoms with E-state index >= 15 is 0 Å². The number of sulfone groups is 1. The molecule has 0 saturated carbocycles. The molecule has 0 aliphatic carbocycles. The van der Waals surface area contributed by atoms with Crippen molar-refractivity contribution in [3.63, 3.8) is 0 Å². The summed E-state index contributed by atoms with van der Waals surface area (Å²) in [5.74, 6) is -2.06. The Kier molecular flexibility index (Phi) is 5.93. The summed E-state index contributed by atoms with van der Waals surface area (Å²) in [6.07, 6.45) is 0. The first-order valence-electron chi connectivity index (χ1n) is 7.53. The van der Waals surface area contributed by atoms with Crippen LogP contribution in [0.25, 0.3) is 0 Å². The van der Waals surface area contributed by atoms with Gasteiger partial charge in [0.15, 0.2) is 15.6 Å². The van der Waals surface area contributed by atoms with Gasteiger partial charge in [-0.05, 0) is 31.2 Å². The largest absolute Gasteiger partial charge is 0.497 e. The van der Waals surface area contributed by atoms with Crippen LogP contribution in [0.2, 0.25) is 0 Å². The predicted molar refractivity (Wildman–Crippen MR) is 95.8 cm³/mol. The van der Waals surface area contributed by atoms with E-state index in [-0.39, 0.29) is 0 Å². The van der Waals surface area contributed by atoms with Crippen molar-refractivity contribution in [2.45, 2.75) is 6.92 Å². The van der Waals surface area contributed by atoms with E-state index in [9.17, 15) is 18.0 Å². The van der Waals surface area contributed by atoms with E-state index < -0.39 is 33.0 Å². The third-order valence-electron chi connectivity index (χ3n) is 3.45. The Hall–Kier alpha value is -2.67. The lowest BCUT2D eigenvalue weighted by atomic mass is 10.1. The van der Waals surface area contributed by atoms with Crippen LogP contribution in [0.15, 0.2) is 48.5 Å². The number of methoxy groups -OCH3 is 1. The quantitative estimate of drug-likeness (QED) is 0.764. The third kappa shape index (κ3) is 5.72. The first kappa shape index (κ1) is 18.7. The first-order chi connectivity index (χ1) is 11.8. The Morgan fingerprint density at radius 1 is 0.960 bits per heavy atom. The Morgan fingerprint density at radius 2 is 1.56 bits per heavy atom. The van der Waals surface area contributed by atoms with Gasteiger partial charge in [0.2, 0.25) is 5.91 Å². The van der Waals surface area contributed by atoms with Crippen molar-refractivity contribution in [1.29, 1.82) is 0 Å². The Labute approximate surface area is 146 Å². The summed E-state index contributed by atoms with van der Waals surface area (Å²) < 4.78 is 29.2. The second-order valence-electron chi connectivity index (χ2n) is 5.60. The van der Waals surface area contributed by atoms with E-state index in [1.165, 1.54) is 7.11 Å². The summed E-state index contributed by atoms with van der Waals surface area (Å²) in [6.45, 7) is 1.87. The molecular formula is C18H19NO5S. The number of Topliss-reactive ketones (excluding diaryl/α,β-unsaturated/α-hetero) is 1. The fourth-order valence-electron chi connectivity index (χ4n) is 2.14. The lowest BCUT2D eigenvalue weighted by Crippen LogP contribution is -2.27. The molecule has 0 saturated heterocycles. The van der Waals surface area contributed by atoms with Crippen LogP contribution >= 0.6 is 0 Å². The summed E-state index contributed by atoms with van der Waals surface area (Å²) in [4.78, 5) is 24.0. The molecule has 0 heterocycles. The molecule has 0 aliphatic rings. The molecule has 0 unspecified atom stereocenters. The standard InChI is InChI=1S/C18H19NO5S/c1-13-3-5-14(6-4-13)17(20)11-25(22,23)12-18(21)19-15-7-9-16(24-2)10-8-15/h3-10H,11-12H2,1-2H3,(H,19,21). The number of hydrogen-bond acceptors (Lipinski definition) is 5. The van der Waals surface area contributed by atoms with Crippen LogP contribution in [0.5, 0.6) is 5.75 Å². The second kappa shape index (κ2) is 7.94. The number of nitrogens with one attached hydrogen (secondary N) is 1. The minimum atomic E-state index is -3.86. The summed E-state index contributed by atoms with van der Waals surface area (Å²) >= 11 is 0. The van der Waals surface area contributed by atoms with Gasteiger partial charge < -0.3 is 10.1 Å². The van der Waals surface area contributed by atoms with E-state index in [0.29, 0.717) is 17.0 Å². The highest BCUT2D eigenvalue weighted by atomic mass is 32.2. The average Bonchev–Trinajstić information content (AvgIpc) is 2.55. The molecule has 7 heteroatoms. The molecule has 0 radical (unpaired) electrons. The van der Waals surface area contributed by atoms with Gasteiger partial charge in [0.25, 0.3) is 0 Å². The smallest absolute Gasteiger partial charge is 0.239 e. The van der Waals surface area contributed by atoms with Crippen molar-refractivity contribution in [1.82, 2.24) is 0 Å². The van der Waals surface area contributed by atoms with Gasteiger partial charge in [-0.2, -0.15) is 0 Å². The molecule has 0 fully saturated rings. The molecule has 0 aromatic heterocycles. The maximum atomic E-state index is 12.1. The predicted octanol–water partition coefficient (Wildman–Crippen LogP) is 2.24. The number of amides is 1. The molecule has 6 nitrogen and oxygen atoms in total. The molecule has 2 aromatic rings. The number of ketones is 1. The zero-order chi connectivity index (χ0) is 18.4. The van der Waals surface area contributed by atoms with Gasteiger partial charge in [0.05, 0.1) is 7.11 Å². The fraction of sp³-hybridized carbons (Fsp3) is 0.222. The lowest BCUT2D eigenvalue weighted by molar-refractivity contribution is -0.113. The molecule has 2 aromatic carbocycles. The SMILES string of the molecule is COc1ccc(NC(=O)CS(=O)(=O)CC(=O)c2ccc(C)cc2)cc1. The average molecular weight is 361 g/mol. The molecule has 0 bridgehead atoms. The maximum Gasteiger partial charge on any atom is 0.239 e. The van der Waals surface area contributed by atoms with Crippen LogP contribution in [0.3, 0.4) is 0 Å². The number of hydrogen-bond donors (Lipinski definition) is 1. The van der Waals surface area contributed by atoms with E-state index in [1.54, 1.807) is 48.5 Å². The van der Waals surface area contributed by atoms with Crippen LogP contribution in [-0.4, -0.2) is 38.7 Å². The zero-order valence-electron chi connectivity index (χ0n) is 14.0. The van der Waals surface area contributed by atoms with Crippen LogP contribution in [-0.2, 0) is 14.6 Å². The Balaban J connectivity index is 1.96. The van der Waals surface area contributed by atoms with Gasteiger partial charge in [0, 0.05) is 11.3 Å². The maximum absolute atomic E-state index is 12.1. The van der Waals surface area contributed by atoms with Gasteiger partial charge in [-0.15, -0.1) is 0 Å². The highest BCUT2D eigenvalue weighted by Crippen LogP contribution is 2.15. The summed E-state index contributed by atoms with van der Waals surface area (Å²) in [7, 11) is -2.34. The fourth-order valence-corrected chi connectivity index (χ4v) is 3.28. The summed E-state index contributed by atoms with van der Waals surface area (Å²) in [6, 6.07) is 13.1. The summed E-state index contributed by atoms with van der Waals surface area (Å²) in [5.41, 5.74) is 1.73. The Bertz CT molecular complexity index is 855. The third-order valence-corrected chi connectivity index (χ3v) is 4.85. The Morgan fingerprint density at radius 3 is 2.12 bits per heavy atom. The van der Waals surface area contributed by atoms with Crippen molar-refractivity contribution in [2.24, 2.45) is 0 Å². The number of rotatable bonds is 7. The number of anilines is 1. The van der Waals surface area contributed by atoms with E-state index in [0.717, 1.165) is 5.56 Å². The van der Waals surface area contributed by atoms with Crippen molar-refractivity contribution in [3.05, 3.63) is 59.7 Å². The molecule has 1 N–H and O–H groups in total. The number of aryl methyl sites for hydroxylation is 1. The van der Waals surface area contributed by atoms with Gasteiger partial charge in [-0.3, -0.25) is 9.59 Å².